The Morgan fingerprint density at radius 2 is 1.55 bits per heavy atom. The lowest BCUT2D eigenvalue weighted by molar-refractivity contribution is -0.128. The average Bonchev–Trinajstić information content (AvgIpc) is 3.34. The maximum absolute atomic E-state index is 13.7. The molecule has 1 fully saturated rings. The molecule has 2 aromatic rings. The van der Waals surface area contributed by atoms with Crippen LogP contribution in [0.15, 0.2) is 72.5 Å². The van der Waals surface area contributed by atoms with Gasteiger partial charge in [0.05, 0.1) is 12.2 Å². The van der Waals surface area contributed by atoms with Crippen LogP contribution in [0.5, 0.6) is 0 Å². The second kappa shape index (κ2) is 11.4. The van der Waals surface area contributed by atoms with E-state index in [-0.39, 0.29) is 23.7 Å². The summed E-state index contributed by atoms with van der Waals surface area (Å²) in [5.74, 6) is 0.380. The number of Topliss-reactive ketones (excluding diaryl/α,β-unsaturated/α-hetero) is 1. The van der Waals surface area contributed by atoms with E-state index >= 15 is 0 Å². The second-order valence-electron chi connectivity index (χ2n) is 14.3. The number of hydrogen-bond donors (Lipinski definition) is 0. The molecule has 2 aromatic carbocycles. The molecule has 0 N–H and O–H groups in total. The van der Waals surface area contributed by atoms with Crippen LogP contribution in [0.3, 0.4) is 0 Å². The van der Waals surface area contributed by atoms with Gasteiger partial charge in [-0.2, -0.15) is 0 Å². The molecule has 2 aliphatic rings. The van der Waals surface area contributed by atoms with Crippen LogP contribution < -0.4 is 10.4 Å². The number of nitrogens with zero attached hydrogens (tertiary/aromatic N) is 2. The molecule has 7 heteroatoms. The smallest absolute Gasteiger partial charge is 0.416 e. The highest BCUT2D eigenvalue weighted by Crippen LogP contribution is 2.50. The minimum atomic E-state index is -2.93. The van der Waals surface area contributed by atoms with Gasteiger partial charge < -0.3 is 9.16 Å². The molecule has 1 aliphatic carbocycles. The Balaban J connectivity index is 1.76. The number of amides is 1. The zero-order valence-corrected chi connectivity index (χ0v) is 27.5. The van der Waals surface area contributed by atoms with Crippen molar-refractivity contribution >= 4 is 30.6 Å². The topological polar surface area (TPSA) is 60.2 Å². The maximum atomic E-state index is 13.7. The van der Waals surface area contributed by atoms with Crippen molar-refractivity contribution < 1.29 is 18.8 Å². The Labute approximate surface area is 253 Å². The first kappa shape index (κ1) is 31.6. The fraction of sp³-hybridized carbons (Fsp3) is 0.514. The summed E-state index contributed by atoms with van der Waals surface area (Å²) in [6.45, 7) is 25.0. The number of ketones is 1. The third-order valence-corrected chi connectivity index (χ3v) is 13.8. The van der Waals surface area contributed by atoms with E-state index < -0.39 is 37.0 Å². The molecule has 1 amide bonds. The summed E-state index contributed by atoms with van der Waals surface area (Å²) >= 11 is 0. The molecule has 4 rings (SSSR count). The van der Waals surface area contributed by atoms with Crippen molar-refractivity contribution in [1.29, 1.82) is 0 Å². The van der Waals surface area contributed by atoms with E-state index in [9.17, 15) is 9.59 Å². The molecule has 0 spiro atoms. The standard InChI is InChI=1S/C35H46N2O4Si/c1-32(2,3)40-31(39)37-24-16-23-35(37,36-9)25-28-29(38)21-22-30(34(28,7)8)41-42(33(4,5)6,26-17-12-10-13-18-26)27-19-14-11-15-20-27/h10-15,17-20,22,28H,16,21,23-25H2,1-8H3/t28-,35-/m1/s1. The Kier molecular flexibility index (Phi) is 8.54. The summed E-state index contributed by atoms with van der Waals surface area (Å²) in [4.78, 5) is 32.5. The van der Waals surface area contributed by atoms with Crippen LogP contribution in [0, 0.1) is 17.9 Å². The Morgan fingerprint density at radius 3 is 2.02 bits per heavy atom. The third-order valence-electron chi connectivity index (χ3n) is 8.88. The summed E-state index contributed by atoms with van der Waals surface area (Å²) in [6, 6.07) is 20.9. The molecular formula is C35H46N2O4Si. The van der Waals surface area contributed by atoms with Crippen LogP contribution in [-0.2, 0) is 14.0 Å². The molecule has 224 valence electrons. The van der Waals surface area contributed by atoms with Crippen LogP contribution in [0.2, 0.25) is 5.04 Å². The number of carbonyl (C=O) groups excluding carboxylic acids is 2. The third kappa shape index (κ3) is 5.79. The van der Waals surface area contributed by atoms with E-state index in [4.69, 9.17) is 15.7 Å². The van der Waals surface area contributed by atoms with Crippen LogP contribution in [0.25, 0.3) is 4.85 Å². The lowest BCUT2D eigenvalue weighted by Crippen LogP contribution is -2.67. The fourth-order valence-electron chi connectivity index (χ4n) is 6.67. The normalized spacial score (nSPS) is 22.7. The van der Waals surface area contributed by atoms with Gasteiger partial charge in [0.25, 0.3) is 0 Å². The molecule has 1 heterocycles. The van der Waals surface area contributed by atoms with E-state index in [1.54, 1.807) is 4.90 Å². The molecule has 0 bridgehead atoms. The van der Waals surface area contributed by atoms with Gasteiger partial charge in [0.1, 0.15) is 11.4 Å². The van der Waals surface area contributed by atoms with Crippen LogP contribution >= 0.6 is 0 Å². The zero-order valence-electron chi connectivity index (χ0n) is 26.5. The predicted molar refractivity (Wildman–Crippen MR) is 170 cm³/mol. The van der Waals surface area contributed by atoms with Crippen LogP contribution in [-0.4, -0.2) is 42.9 Å². The van der Waals surface area contributed by atoms with E-state index in [0.29, 0.717) is 19.4 Å². The van der Waals surface area contributed by atoms with Gasteiger partial charge in [-0.25, -0.2) is 16.3 Å². The summed E-state index contributed by atoms with van der Waals surface area (Å²) in [5.41, 5.74) is -2.49. The van der Waals surface area contributed by atoms with Gasteiger partial charge >= 0.3 is 20.1 Å². The maximum Gasteiger partial charge on any atom is 0.416 e. The number of ether oxygens (including phenoxy) is 1. The van der Waals surface area contributed by atoms with Gasteiger partial charge in [-0.3, -0.25) is 9.64 Å². The first-order valence-corrected chi connectivity index (χ1v) is 16.9. The quantitative estimate of drug-likeness (QED) is 0.268. The van der Waals surface area contributed by atoms with Crippen molar-refractivity contribution in [3.8, 4) is 0 Å². The van der Waals surface area contributed by atoms with Crippen LogP contribution in [0.1, 0.15) is 81.1 Å². The van der Waals surface area contributed by atoms with Gasteiger partial charge in [0, 0.05) is 30.7 Å². The number of benzene rings is 2. The van der Waals surface area contributed by atoms with Crippen molar-refractivity contribution in [2.45, 2.75) is 97.4 Å². The molecule has 6 nitrogen and oxygen atoms in total. The van der Waals surface area contributed by atoms with Gasteiger partial charge in [0.2, 0.25) is 0 Å². The minimum absolute atomic E-state index is 0.0776. The number of likely N-dealkylation sites (tertiary alicyclic amines) is 1. The largest absolute Gasteiger partial charge is 0.537 e. The Hall–Kier alpha value is -3.37. The monoisotopic (exact) mass is 586 g/mol. The predicted octanol–water partition coefficient (Wildman–Crippen LogP) is 7.10. The van der Waals surface area contributed by atoms with Crippen molar-refractivity contribution in [2.75, 3.05) is 6.54 Å². The number of carbonyl (C=O) groups is 2. The van der Waals surface area contributed by atoms with Gasteiger partial charge in [-0.15, -0.1) is 0 Å². The highest BCUT2D eigenvalue weighted by Gasteiger charge is 2.59. The van der Waals surface area contributed by atoms with E-state index in [0.717, 1.165) is 5.76 Å². The molecule has 2 atom stereocenters. The molecule has 42 heavy (non-hydrogen) atoms. The van der Waals surface area contributed by atoms with Crippen LogP contribution in [0.4, 0.5) is 4.79 Å². The first-order valence-electron chi connectivity index (χ1n) is 15.0. The summed E-state index contributed by atoms with van der Waals surface area (Å²) in [5, 5.41) is 2.09. The highest BCUT2D eigenvalue weighted by molar-refractivity contribution is 6.99. The van der Waals surface area contributed by atoms with Gasteiger partial charge in [0.15, 0.2) is 0 Å². The summed E-state index contributed by atoms with van der Waals surface area (Å²) in [7, 11) is -2.93. The molecular weight excluding hydrogens is 540 g/mol. The Morgan fingerprint density at radius 1 is 1.00 bits per heavy atom. The highest BCUT2D eigenvalue weighted by atomic mass is 28.4. The second-order valence-corrected chi connectivity index (χ2v) is 18.5. The molecule has 0 unspecified atom stereocenters. The SMILES string of the molecule is [C-]#[N+][C@]1(C[C@@H]2C(=O)CC=C(O[Si](c3ccccc3)(c3ccccc3)C(C)(C)C)C2(C)C)CCCN1C(=O)OC(C)(C)C. The number of hydrogen-bond acceptors (Lipinski definition) is 4. The van der Waals surface area contributed by atoms with Crippen molar-refractivity contribution in [3.63, 3.8) is 0 Å². The zero-order chi connectivity index (χ0) is 31.0. The molecule has 0 saturated carbocycles. The van der Waals surface area contributed by atoms with Gasteiger partial charge in [-0.05, 0) is 48.7 Å². The van der Waals surface area contributed by atoms with E-state index in [1.165, 1.54) is 10.4 Å². The van der Waals surface area contributed by atoms with E-state index in [1.807, 2.05) is 39.0 Å². The molecule has 0 aromatic heterocycles. The van der Waals surface area contributed by atoms with Crippen molar-refractivity contribution in [2.24, 2.45) is 11.3 Å². The Bertz CT molecular complexity index is 1330. The summed E-state index contributed by atoms with van der Waals surface area (Å²) in [6.07, 6.45) is 3.18. The van der Waals surface area contributed by atoms with E-state index in [2.05, 4.69) is 88.0 Å². The van der Waals surface area contributed by atoms with Gasteiger partial charge in [-0.1, -0.05) is 95.3 Å². The fourth-order valence-corrected chi connectivity index (χ4v) is 11.3. The number of rotatable bonds is 6. The number of allylic oxidation sites excluding steroid dienone is 2. The lowest BCUT2D eigenvalue weighted by atomic mass is 9.67. The first-order chi connectivity index (χ1) is 19.6. The lowest BCUT2D eigenvalue weighted by Gasteiger charge is -2.48. The average molecular weight is 587 g/mol. The van der Waals surface area contributed by atoms with Crippen molar-refractivity contribution in [3.05, 3.63) is 83.9 Å². The molecule has 1 aliphatic heterocycles. The summed E-state index contributed by atoms with van der Waals surface area (Å²) < 4.78 is 13.1. The molecule has 1 saturated heterocycles. The minimum Gasteiger partial charge on any atom is -0.537 e. The van der Waals surface area contributed by atoms with Crippen molar-refractivity contribution in [1.82, 2.24) is 4.90 Å². The molecule has 0 radical (unpaired) electrons.